The van der Waals surface area contributed by atoms with Crippen LogP contribution in [0.15, 0.2) is 46.7 Å². The normalized spacial score (nSPS) is 28.3. The fourth-order valence-electron chi connectivity index (χ4n) is 2.91. The van der Waals surface area contributed by atoms with Gasteiger partial charge in [-0.25, -0.2) is 8.42 Å². The Morgan fingerprint density at radius 3 is 2.30 bits per heavy atom. The van der Waals surface area contributed by atoms with E-state index in [4.69, 9.17) is 9.47 Å². The summed E-state index contributed by atoms with van der Waals surface area (Å²) in [6, 6.07) is 8.41. The molecule has 23 heavy (non-hydrogen) atoms. The van der Waals surface area contributed by atoms with Crippen LogP contribution in [-0.2, 0) is 19.3 Å². The first-order chi connectivity index (χ1) is 10.6. The van der Waals surface area contributed by atoms with Crippen LogP contribution >= 0.6 is 0 Å². The molecule has 4 nitrogen and oxygen atoms in total. The van der Waals surface area contributed by atoms with Crippen molar-refractivity contribution in [3.05, 3.63) is 41.8 Å². The zero-order chi connectivity index (χ0) is 17.3. The summed E-state index contributed by atoms with van der Waals surface area (Å²) in [5, 5.41) is 1.25. The van der Waals surface area contributed by atoms with Gasteiger partial charge < -0.3 is 9.47 Å². The molecule has 0 aromatic heterocycles. The van der Waals surface area contributed by atoms with Gasteiger partial charge in [-0.1, -0.05) is 39.0 Å². The van der Waals surface area contributed by atoms with Crippen molar-refractivity contribution in [1.29, 1.82) is 0 Å². The van der Waals surface area contributed by atoms with Crippen LogP contribution in [0, 0.1) is 11.8 Å². The molecule has 1 aliphatic heterocycles. The van der Waals surface area contributed by atoms with E-state index in [1.165, 1.54) is 5.41 Å². The Balaban J connectivity index is 2.23. The zero-order valence-electron chi connectivity index (χ0n) is 14.4. The van der Waals surface area contributed by atoms with E-state index < -0.39 is 15.6 Å². The number of rotatable bonds is 4. The number of ether oxygens (including phenoxy) is 2. The quantitative estimate of drug-likeness (QED) is 0.838. The predicted molar refractivity (Wildman–Crippen MR) is 90.6 cm³/mol. The molecule has 0 bridgehead atoms. The van der Waals surface area contributed by atoms with Gasteiger partial charge in [0.05, 0.1) is 17.1 Å². The molecule has 0 aliphatic carbocycles. The molecule has 0 N–H and O–H groups in total. The topological polar surface area (TPSA) is 52.6 Å². The van der Waals surface area contributed by atoms with E-state index in [9.17, 15) is 8.42 Å². The van der Waals surface area contributed by atoms with Crippen molar-refractivity contribution < 1.29 is 17.9 Å². The monoisotopic (exact) mass is 338 g/mol. The minimum atomic E-state index is -3.46. The van der Waals surface area contributed by atoms with Crippen LogP contribution in [-0.4, -0.2) is 26.4 Å². The minimum absolute atomic E-state index is 0.0211. The van der Waals surface area contributed by atoms with Crippen LogP contribution in [0.3, 0.4) is 0 Å². The SMILES string of the molecule is CC(C)[C@@H]1OC(C)(C)O[C@H](/C=C/S(=O)(=O)c2ccccc2)[C@@H]1C. The van der Waals surface area contributed by atoms with Crippen LogP contribution < -0.4 is 0 Å². The molecule has 1 saturated heterocycles. The first-order valence-corrected chi connectivity index (χ1v) is 9.51. The Morgan fingerprint density at radius 1 is 1.13 bits per heavy atom. The zero-order valence-corrected chi connectivity index (χ0v) is 15.2. The molecule has 3 atom stereocenters. The third-order valence-corrected chi connectivity index (χ3v) is 5.50. The summed E-state index contributed by atoms with van der Waals surface area (Å²) < 4.78 is 36.7. The van der Waals surface area contributed by atoms with Gasteiger partial charge in [-0.3, -0.25) is 0 Å². The lowest BCUT2D eigenvalue weighted by molar-refractivity contribution is -0.316. The van der Waals surface area contributed by atoms with Gasteiger partial charge in [0.1, 0.15) is 0 Å². The van der Waals surface area contributed by atoms with Gasteiger partial charge in [0, 0.05) is 11.3 Å². The highest BCUT2D eigenvalue weighted by Crippen LogP contribution is 2.35. The Kier molecular flexibility index (Phi) is 5.33. The fourth-order valence-corrected chi connectivity index (χ4v) is 3.97. The summed E-state index contributed by atoms with van der Waals surface area (Å²) >= 11 is 0. The maximum absolute atomic E-state index is 12.4. The molecule has 0 unspecified atom stereocenters. The summed E-state index contributed by atoms with van der Waals surface area (Å²) in [5.41, 5.74) is 0. The van der Waals surface area contributed by atoms with Crippen molar-refractivity contribution in [2.75, 3.05) is 0 Å². The molecule has 1 aromatic rings. The summed E-state index contributed by atoms with van der Waals surface area (Å²) in [6.07, 6.45) is 1.37. The maximum atomic E-state index is 12.4. The third-order valence-electron chi connectivity index (χ3n) is 4.05. The Hall–Kier alpha value is -1.17. The largest absolute Gasteiger partial charge is 0.347 e. The molecule has 1 aromatic carbocycles. The maximum Gasteiger partial charge on any atom is 0.199 e. The van der Waals surface area contributed by atoms with Crippen LogP contribution in [0.2, 0.25) is 0 Å². The van der Waals surface area contributed by atoms with E-state index in [1.54, 1.807) is 36.4 Å². The molecule has 1 fully saturated rings. The molecule has 0 spiro atoms. The molecule has 1 aliphatic rings. The van der Waals surface area contributed by atoms with Gasteiger partial charge in [-0.2, -0.15) is 0 Å². The highest BCUT2D eigenvalue weighted by atomic mass is 32.2. The predicted octanol–water partition coefficient (Wildman–Crippen LogP) is 3.79. The van der Waals surface area contributed by atoms with Gasteiger partial charge in [-0.15, -0.1) is 0 Å². The van der Waals surface area contributed by atoms with Crippen LogP contribution in [0.1, 0.15) is 34.6 Å². The molecule has 5 heteroatoms. The molecule has 0 amide bonds. The van der Waals surface area contributed by atoms with Crippen LogP contribution in [0.5, 0.6) is 0 Å². The molecular weight excluding hydrogens is 312 g/mol. The Labute approximate surface area is 139 Å². The average Bonchev–Trinajstić information content (AvgIpc) is 2.48. The fraction of sp³-hybridized carbons (Fsp3) is 0.556. The second-order valence-electron chi connectivity index (χ2n) is 6.85. The molecule has 1 heterocycles. The summed E-state index contributed by atoms with van der Waals surface area (Å²) in [5.74, 6) is -0.326. The van der Waals surface area contributed by atoms with Crippen molar-refractivity contribution in [3.8, 4) is 0 Å². The summed E-state index contributed by atoms with van der Waals surface area (Å²) in [7, 11) is -3.46. The van der Waals surface area contributed by atoms with Crippen molar-refractivity contribution in [2.24, 2.45) is 11.8 Å². The smallest absolute Gasteiger partial charge is 0.199 e. The lowest BCUT2D eigenvalue weighted by Gasteiger charge is -2.45. The second kappa shape index (κ2) is 6.75. The van der Waals surface area contributed by atoms with Gasteiger partial charge in [0.2, 0.25) is 0 Å². The number of benzene rings is 1. The van der Waals surface area contributed by atoms with Crippen LogP contribution in [0.25, 0.3) is 0 Å². The molecular formula is C18H26O4S. The number of hydrogen-bond donors (Lipinski definition) is 0. The number of hydrogen-bond acceptors (Lipinski definition) is 4. The van der Waals surface area contributed by atoms with E-state index in [0.29, 0.717) is 5.92 Å². The second-order valence-corrected chi connectivity index (χ2v) is 8.69. The summed E-state index contributed by atoms with van der Waals surface area (Å²) in [4.78, 5) is 0.288. The van der Waals surface area contributed by atoms with E-state index in [2.05, 4.69) is 13.8 Å². The summed E-state index contributed by atoms with van der Waals surface area (Å²) in [6.45, 7) is 9.96. The van der Waals surface area contributed by atoms with Crippen molar-refractivity contribution in [3.63, 3.8) is 0 Å². The Bertz CT molecular complexity index is 647. The Morgan fingerprint density at radius 2 is 1.74 bits per heavy atom. The lowest BCUT2D eigenvalue weighted by atomic mass is 9.88. The van der Waals surface area contributed by atoms with Crippen LogP contribution in [0.4, 0.5) is 0 Å². The standard InChI is InChI=1S/C18H26O4S/c1-13(2)17-14(3)16(21-18(4,5)22-17)11-12-23(19,20)15-9-7-6-8-10-15/h6-14,16-17H,1-5H3/b12-11+/t14-,16+,17-/m0/s1. The van der Waals surface area contributed by atoms with E-state index >= 15 is 0 Å². The van der Waals surface area contributed by atoms with Crippen molar-refractivity contribution >= 4 is 9.84 Å². The van der Waals surface area contributed by atoms with E-state index in [1.807, 2.05) is 20.8 Å². The van der Waals surface area contributed by atoms with E-state index in [-0.39, 0.29) is 23.0 Å². The van der Waals surface area contributed by atoms with Gasteiger partial charge >= 0.3 is 0 Å². The highest BCUT2D eigenvalue weighted by molar-refractivity contribution is 7.94. The molecule has 128 valence electrons. The van der Waals surface area contributed by atoms with Gasteiger partial charge in [0.25, 0.3) is 0 Å². The van der Waals surface area contributed by atoms with Crippen molar-refractivity contribution in [2.45, 2.75) is 57.5 Å². The van der Waals surface area contributed by atoms with E-state index in [0.717, 1.165) is 0 Å². The average molecular weight is 338 g/mol. The first kappa shape index (κ1) is 18.2. The lowest BCUT2D eigenvalue weighted by Crippen LogP contribution is -2.51. The first-order valence-electron chi connectivity index (χ1n) is 7.96. The molecule has 0 radical (unpaired) electrons. The minimum Gasteiger partial charge on any atom is -0.347 e. The highest BCUT2D eigenvalue weighted by Gasteiger charge is 2.41. The van der Waals surface area contributed by atoms with Crippen molar-refractivity contribution in [1.82, 2.24) is 0 Å². The molecule has 2 rings (SSSR count). The van der Waals surface area contributed by atoms with Gasteiger partial charge in [0.15, 0.2) is 15.6 Å². The third kappa shape index (κ3) is 4.43. The van der Waals surface area contributed by atoms with Gasteiger partial charge in [-0.05, 0) is 38.0 Å². The number of sulfone groups is 1. The molecule has 0 saturated carbocycles.